The van der Waals surface area contributed by atoms with E-state index in [1.807, 2.05) is 42.5 Å². The quantitative estimate of drug-likeness (QED) is 0.944. The molecule has 1 amide bonds. The van der Waals surface area contributed by atoms with Gasteiger partial charge in [-0.15, -0.1) is 0 Å². The molecule has 2 heterocycles. The first-order valence-electron chi connectivity index (χ1n) is 7.19. The van der Waals surface area contributed by atoms with Crippen LogP contribution in [0.4, 0.5) is 10.6 Å². The Morgan fingerprint density at radius 3 is 2.77 bits per heavy atom. The molecule has 1 aliphatic heterocycles. The van der Waals surface area contributed by atoms with Gasteiger partial charge < -0.3 is 10.1 Å². The Morgan fingerprint density at radius 1 is 1.18 bits per heavy atom. The fourth-order valence-electron chi connectivity index (χ4n) is 2.27. The number of pyridine rings is 1. The number of amides is 1. The minimum atomic E-state index is -0.380. The van der Waals surface area contributed by atoms with Crippen LogP contribution in [0.25, 0.3) is 0 Å². The molecule has 0 radical (unpaired) electrons. The van der Waals surface area contributed by atoms with Crippen LogP contribution in [0.1, 0.15) is 6.42 Å². The zero-order valence-corrected chi connectivity index (χ0v) is 12.1. The SMILES string of the molecule is O=C(Oc1ccccc1)N1C=CC[C@H](Nc2ccccn2)C1. The highest BCUT2D eigenvalue weighted by atomic mass is 16.6. The number of nitrogens with zero attached hydrogens (tertiary/aromatic N) is 2. The first kappa shape index (κ1) is 14.1. The highest BCUT2D eigenvalue weighted by Crippen LogP contribution is 2.15. The number of rotatable bonds is 3. The van der Waals surface area contributed by atoms with Gasteiger partial charge in [0.2, 0.25) is 0 Å². The molecule has 1 aliphatic rings. The van der Waals surface area contributed by atoms with E-state index in [1.54, 1.807) is 29.4 Å². The molecule has 0 spiro atoms. The van der Waals surface area contributed by atoms with Crippen molar-refractivity contribution in [2.75, 3.05) is 11.9 Å². The summed E-state index contributed by atoms with van der Waals surface area (Å²) in [6.45, 7) is 0.540. The van der Waals surface area contributed by atoms with E-state index in [9.17, 15) is 4.79 Å². The molecular formula is C17H17N3O2. The molecule has 0 saturated carbocycles. The van der Waals surface area contributed by atoms with Crippen LogP contribution in [0.5, 0.6) is 5.75 Å². The first-order valence-corrected chi connectivity index (χ1v) is 7.19. The standard InChI is InChI=1S/C17H17N3O2/c21-17(22-15-8-2-1-3-9-15)20-12-6-7-14(13-20)19-16-10-4-5-11-18-16/h1-6,8-12,14H,7,13H2,(H,18,19)/t14-/m0/s1. The van der Waals surface area contributed by atoms with Crippen molar-refractivity contribution in [3.63, 3.8) is 0 Å². The van der Waals surface area contributed by atoms with E-state index < -0.39 is 0 Å². The molecule has 2 aromatic rings. The highest BCUT2D eigenvalue weighted by molar-refractivity contribution is 5.72. The molecule has 1 N–H and O–H groups in total. The van der Waals surface area contributed by atoms with Crippen molar-refractivity contribution in [1.29, 1.82) is 0 Å². The molecule has 112 valence electrons. The fraction of sp³-hybridized carbons (Fsp3) is 0.176. The second-order valence-electron chi connectivity index (χ2n) is 5.01. The van der Waals surface area contributed by atoms with Gasteiger partial charge in [-0.2, -0.15) is 0 Å². The summed E-state index contributed by atoms with van der Waals surface area (Å²) >= 11 is 0. The molecule has 0 saturated heterocycles. The van der Waals surface area contributed by atoms with E-state index in [0.29, 0.717) is 12.3 Å². The number of para-hydroxylation sites is 1. The van der Waals surface area contributed by atoms with Crippen LogP contribution in [0.15, 0.2) is 67.0 Å². The number of carbonyl (C=O) groups excluding carboxylic acids is 1. The maximum Gasteiger partial charge on any atom is 0.419 e. The zero-order valence-electron chi connectivity index (χ0n) is 12.1. The van der Waals surface area contributed by atoms with Crippen LogP contribution >= 0.6 is 0 Å². The lowest BCUT2D eigenvalue weighted by atomic mass is 10.1. The van der Waals surface area contributed by atoms with Gasteiger partial charge in [-0.3, -0.25) is 4.90 Å². The largest absolute Gasteiger partial charge is 0.419 e. The number of hydrogen-bond acceptors (Lipinski definition) is 4. The monoisotopic (exact) mass is 295 g/mol. The normalized spacial score (nSPS) is 17.1. The lowest BCUT2D eigenvalue weighted by Crippen LogP contribution is -2.41. The molecule has 3 rings (SSSR count). The summed E-state index contributed by atoms with van der Waals surface area (Å²) in [5.74, 6) is 1.35. The van der Waals surface area contributed by atoms with Gasteiger partial charge >= 0.3 is 6.09 Å². The lowest BCUT2D eigenvalue weighted by Gasteiger charge is -2.28. The molecule has 5 heteroatoms. The third kappa shape index (κ3) is 3.63. The number of carbonyl (C=O) groups is 1. The van der Waals surface area contributed by atoms with Crippen molar-refractivity contribution < 1.29 is 9.53 Å². The van der Waals surface area contributed by atoms with Crippen molar-refractivity contribution in [3.05, 3.63) is 67.0 Å². The van der Waals surface area contributed by atoms with Crippen LogP contribution in [0.3, 0.4) is 0 Å². The molecule has 22 heavy (non-hydrogen) atoms. The van der Waals surface area contributed by atoms with Crippen LogP contribution < -0.4 is 10.1 Å². The van der Waals surface area contributed by atoms with Crippen molar-refractivity contribution in [2.45, 2.75) is 12.5 Å². The fourth-order valence-corrected chi connectivity index (χ4v) is 2.27. The van der Waals surface area contributed by atoms with Gasteiger partial charge in [-0.05, 0) is 30.7 Å². The molecule has 0 bridgehead atoms. The first-order chi connectivity index (χ1) is 10.8. The maximum absolute atomic E-state index is 12.2. The Labute approximate surface area is 129 Å². The van der Waals surface area contributed by atoms with E-state index in [4.69, 9.17) is 4.74 Å². The van der Waals surface area contributed by atoms with E-state index in [1.165, 1.54) is 0 Å². The van der Waals surface area contributed by atoms with Crippen molar-refractivity contribution >= 4 is 11.9 Å². The third-order valence-corrected chi connectivity index (χ3v) is 3.32. The van der Waals surface area contributed by atoms with Gasteiger partial charge in [0.15, 0.2) is 0 Å². The van der Waals surface area contributed by atoms with Crippen LogP contribution in [-0.2, 0) is 0 Å². The molecule has 0 aliphatic carbocycles. The molecule has 0 fully saturated rings. The Kier molecular flexibility index (Phi) is 4.34. The topological polar surface area (TPSA) is 54.5 Å². The smallest absolute Gasteiger partial charge is 0.410 e. The molecule has 1 atom stereocenters. The van der Waals surface area contributed by atoms with Gasteiger partial charge in [-0.25, -0.2) is 9.78 Å². The van der Waals surface area contributed by atoms with E-state index in [0.717, 1.165) is 12.2 Å². The van der Waals surface area contributed by atoms with E-state index in [2.05, 4.69) is 10.3 Å². The summed E-state index contributed by atoms with van der Waals surface area (Å²) in [7, 11) is 0. The molecule has 1 aromatic carbocycles. The minimum Gasteiger partial charge on any atom is -0.410 e. The summed E-state index contributed by atoms with van der Waals surface area (Å²) in [6.07, 6.45) is 5.92. The Hall–Kier alpha value is -2.82. The van der Waals surface area contributed by atoms with Crippen molar-refractivity contribution in [2.24, 2.45) is 0 Å². The second kappa shape index (κ2) is 6.76. The zero-order chi connectivity index (χ0) is 15.2. The molecular weight excluding hydrogens is 278 g/mol. The van der Waals surface area contributed by atoms with Gasteiger partial charge in [0, 0.05) is 25.0 Å². The number of benzene rings is 1. The summed E-state index contributed by atoms with van der Waals surface area (Å²) in [5, 5.41) is 3.32. The maximum atomic E-state index is 12.2. The number of aromatic nitrogens is 1. The van der Waals surface area contributed by atoms with Crippen molar-refractivity contribution in [3.8, 4) is 5.75 Å². The third-order valence-electron chi connectivity index (χ3n) is 3.32. The van der Waals surface area contributed by atoms with E-state index in [-0.39, 0.29) is 12.1 Å². The van der Waals surface area contributed by atoms with E-state index >= 15 is 0 Å². The predicted octanol–water partition coefficient (Wildman–Crippen LogP) is 3.28. The number of ether oxygens (including phenoxy) is 1. The minimum absolute atomic E-state index is 0.114. The second-order valence-corrected chi connectivity index (χ2v) is 5.01. The Morgan fingerprint density at radius 2 is 2.00 bits per heavy atom. The summed E-state index contributed by atoms with van der Waals surface area (Å²) < 4.78 is 5.34. The summed E-state index contributed by atoms with van der Waals surface area (Å²) in [5.41, 5.74) is 0. The van der Waals surface area contributed by atoms with Crippen LogP contribution in [-0.4, -0.2) is 28.6 Å². The van der Waals surface area contributed by atoms with Gasteiger partial charge in [0.05, 0.1) is 0 Å². The molecule has 0 unspecified atom stereocenters. The Bertz CT molecular complexity index is 643. The number of hydrogen-bond donors (Lipinski definition) is 1. The number of nitrogens with one attached hydrogen (secondary N) is 1. The average Bonchev–Trinajstić information content (AvgIpc) is 2.57. The van der Waals surface area contributed by atoms with Crippen molar-refractivity contribution in [1.82, 2.24) is 9.88 Å². The molecule has 1 aromatic heterocycles. The average molecular weight is 295 g/mol. The lowest BCUT2D eigenvalue weighted by molar-refractivity contribution is 0.166. The van der Waals surface area contributed by atoms with Gasteiger partial charge in [0.25, 0.3) is 0 Å². The number of anilines is 1. The predicted molar refractivity (Wildman–Crippen MR) is 84.6 cm³/mol. The Balaban J connectivity index is 1.59. The molecule has 5 nitrogen and oxygen atoms in total. The van der Waals surface area contributed by atoms with Gasteiger partial charge in [-0.1, -0.05) is 30.3 Å². The summed E-state index contributed by atoms with van der Waals surface area (Å²) in [4.78, 5) is 18.0. The van der Waals surface area contributed by atoms with Crippen LogP contribution in [0, 0.1) is 0 Å². The van der Waals surface area contributed by atoms with Gasteiger partial charge in [0.1, 0.15) is 11.6 Å². The highest BCUT2D eigenvalue weighted by Gasteiger charge is 2.21. The van der Waals surface area contributed by atoms with Crippen LogP contribution in [0.2, 0.25) is 0 Å². The summed E-state index contributed by atoms with van der Waals surface area (Å²) in [6, 6.07) is 14.9.